The minimum absolute atomic E-state index is 0.133. The van der Waals surface area contributed by atoms with Gasteiger partial charge in [-0.1, -0.05) is 52.4 Å². The van der Waals surface area contributed by atoms with E-state index < -0.39 is 7.82 Å². The van der Waals surface area contributed by atoms with Gasteiger partial charge in [0.15, 0.2) is 0 Å². The van der Waals surface area contributed by atoms with Crippen LogP contribution in [0.15, 0.2) is 0 Å². The van der Waals surface area contributed by atoms with E-state index in [1.165, 1.54) is 19.3 Å². The van der Waals surface area contributed by atoms with E-state index in [0.717, 1.165) is 38.5 Å². The Morgan fingerprint density at radius 1 is 1.25 bits per heavy atom. The first-order valence-electron chi connectivity index (χ1n) is 8.14. The monoisotopic (exact) mass is 306 g/mol. The van der Waals surface area contributed by atoms with E-state index in [-0.39, 0.29) is 12.2 Å². The predicted octanol–water partition coefficient (Wildman–Crippen LogP) is 5.06. The summed E-state index contributed by atoms with van der Waals surface area (Å²) in [5, 5.41) is 0. The molecule has 0 amide bonds. The maximum atomic E-state index is 12.0. The van der Waals surface area contributed by atoms with Crippen molar-refractivity contribution in [3.8, 4) is 0 Å². The number of unbranched alkanes of at least 4 members (excludes halogenated alkanes) is 3. The van der Waals surface area contributed by atoms with Crippen molar-refractivity contribution in [1.82, 2.24) is 0 Å². The largest absolute Gasteiger partial charge is 0.472 e. The summed E-state index contributed by atoms with van der Waals surface area (Å²) in [6.45, 7) is 6.10. The van der Waals surface area contributed by atoms with E-state index in [1.807, 2.05) is 6.92 Å². The number of rotatable bonds is 9. The van der Waals surface area contributed by atoms with Crippen molar-refractivity contribution in [1.29, 1.82) is 0 Å². The van der Waals surface area contributed by atoms with Crippen molar-refractivity contribution in [3.63, 3.8) is 0 Å². The zero-order chi connectivity index (χ0) is 15.0. The molecule has 1 saturated carbocycles. The zero-order valence-electron chi connectivity index (χ0n) is 13.2. The Balaban J connectivity index is 2.30. The Hall–Kier alpha value is 0.110. The Kier molecular flexibility index (Phi) is 8.35. The molecule has 0 radical (unpaired) electrons. The third-order valence-corrected chi connectivity index (χ3v) is 5.24. The molecule has 0 aromatic rings. The summed E-state index contributed by atoms with van der Waals surface area (Å²) in [7, 11) is -3.91. The summed E-state index contributed by atoms with van der Waals surface area (Å²) >= 11 is 0. The minimum atomic E-state index is -3.91. The fraction of sp³-hybridized carbons (Fsp3) is 1.00. The van der Waals surface area contributed by atoms with Crippen LogP contribution in [0.2, 0.25) is 0 Å². The minimum Gasteiger partial charge on any atom is -0.302 e. The lowest BCUT2D eigenvalue weighted by atomic mass is 9.88. The molecule has 20 heavy (non-hydrogen) atoms. The summed E-state index contributed by atoms with van der Waals surface area (Å²) in [4.78, 5) is 9.87. The molecule has 0 aromatic carbocycles. The standard InChI is InChI=1S/C15H31O4P/c1-4-5-6-7-11-14(3)18-20(16,17)19-15-12-9-8-10-13(15)2/h13-15H,4-12H2,1-3H3,(H,16,17). The van der Waals surface area contributed by atoms with E-state index >= 15 is 0 Å². The topological polar surface area (TPSA) is 55.8 Å². The molecule has 0 aliphatic heterocycles. The number of hydrogen-bond donors (Lipinski definition) is 1. The Morgan fingerprint density at radius 2 is 1.95 bits per heavy atom. The summed E-state index contributed by atoms with van der Waals surface area (Å²) in [5.41, 5.74) is 0. The van der Waals surface area contributed by atoms with E-state index in [4.69, 9.17) is 9.05 Å². The van der Waals surface area contributed by atoms with Gasteiger partial charge in [-0.2, -0.15) is 0 Å². The fourth-order valence-electron chi connectivity index (χ4n) is 2.77. The van der Waals surface area contributed by atoms with Gasteiger partial charge >= 0.3 is 7.82 Å². The molecule has 0 aromatic heterocycles. The van der Waals surface area contributed by atoms with Gasteiger partial charge in [-0.15, -0.1) is 0 Å². The van der Waals surface area contributed by atoms with Gasteiger partial charge in [0.2, 0.25) is 0 Å². The van der Waals surface area contributed by atoms with Gasteiger partial charge in [-0.05, 0) is 32.1 Å². The number of phosphoric ester groups is 1. The molecule has 0 bridgehead atoms. The zero-order valence-corrected chi connectivity index (χ0v) is 14.1. The Bertz CT molecular complexity index is 308. The van der Waals surface area contributed by atoms with Gasteiger partial charge in [0.1, 0.15) is 0 Å². The highest BCUT2D eigenvalue weighted by atomic mass is 31.2. The van der Waals surface area contributed by atoms with Gasteiger partial charge in [0, 0.05) is 0 Å². The lowest BCUT2D eigenvalue weighted by Gasteiger charge is -2.30. The molecule has 4 unspecified atom stereocenters. The highest BCUT2D eigenvalue weighted by molar-refractivity contribution is 7.47. The lowest BCUT2D eigenvalue weighted by molar-refractivity contribution is 0.0368. The molecule has 1 aliphatic rings. The molecule has 1 rings (SSSR count). The smallest absolute Gasteiger partial charge is 0.302 e. The molecule has 4 atom stereocenters. The van der Waals surface area contributed by atoms with Crippen LogP contribution >= 0.6 is 7.82 Å². The van der Waals surface area contributed by atoms with E-state index in [9.17, 15) is 9.46 Å². The molecule has 5 heteroatoms. The number of phosphoric acid groups is 1. The second-order valence-corrected chi connectivity index (χ2v) is 7.50. The normalized spacial score (nSPS) is 28.0. The van der Waals surface area contributed by atoms with Crippen molar-refractivity contribution < 1.29 is 18.5 Å². The summed E-state index contributed by atoms with van der Waals surface area (Å²) in [5.74, 6) is 0.340. The van der Waals surface area contributed by atoms with Crippen LogP contribution in [0.3, 0.4) is 0 Å². The molecular weight excluding hydrogens is 275 g/mol. The van der Waals surface area contributed by atoms with Crippen molar-refractivity contribution in [2.45, 2.75) is 90.8 Å². The van der Waals surface area contributed by atoms with E-state index in [0.29, 0.717) is 5.92 Å². The van der Waals surface area contributed by atoms with Crippen LogP contribution in [0.25, 0.3) is 0 Å². The maximum absolute atomic E-state index is 12.0. The highest BCUT2D eigenvalue weighted by Gasteiger charge is 2.32. The Labute approximate surface area is 123 Å². The maximum Gasteiger partial charge on any atom is 0.472 e. The summed E-state index contributed by atoms with van der Waals surface area (Å²) in [6, 6.07) is 0. The van der Waals surface area contributed by atoms with Gasteiger partial charge < -0.3 is 4.89 Å². The first kappa shape index (κ1) is 18.2. The molecule has 1 fully saturated rings. The van der Waals surface area contributed by atoms with Gasteiger partial charge in [0.05, 0.1) is 12.2 Å². The first-order chi connectivity index (χ1) is 9.44. The van der Waals surface area contributed by atoms with E-state index in [1.54, 1.807) is 0 Å². The quantitative estimate of drug-likeness (QED) is 0.478. The van der Waals surface area contributed by atoms with Crippen LogP contribution in [0.4, 0.5) is 0 Å². The van der Waals surface area contributed by atoms with Crippen LogP contribution in [0.1, 0.15) is 78.6 Å². The van der Waals surface area contributed by atoms with Crippen LogP contribution in [-0.2, 0) is 13.6 Å². The second kappa shape index (κ2) is 9.19. The summed E-state index contributed by atoms with van der Waals surface area (Å²) in [6.07, 6.45) is 9.23. The van der Waals surface area contributed by atoms with Crippen LogP contribution in [0, 0.1) is 5.92 Å². The van der Waals surface area contributed by atoms with Crippen molar-refractivity contribution >= 4 is 7.82 Å². The van der Waals surface area contributed by atoms with Crippen molar-refractivity contribution in [3.05, 3.63) is 0 Å². The SMILES string of the molecule is CCCCCCC(C)OP(=O)(O)OC1CCCCC1C. The van der Waals surface area contributed by atoms with Gasteiger partial charge in [-0.3, -0.25) is 9.05 Å². The summed E-state index contributed by atoms with van der Waals surface area (Å²) < 4.78 is 22.7. The van der Waals surface area contributed by atoms with E-state index in [2.05, 4.69) is 13.8 Å². The molecule has 0 heterocycles. The van der Waals surface area contributed by atoms with Crippen molar-refractivity contribution in [2.24, 2.45) is 5.92 Å². The average Bonchev–Trinajstić information content (AvgIpc) is 2.36. The van der Waals surface area contributed by atoms with Crippen LogP contribution in [0.5, 0.6) is 0 Å². The molecule has 0 saturated heterocycles. The third kappa shape index (κ3) is 7.21. The Morgan fingerprint density at radius 3 is 2.60 bits per heavy atom. The second-order valence-electron chi connectivity index (χ2n) is 6.14. The van der Waals surface area contributed by atoms with Gasteiger partial charge in [-0.25, -0.2) is 4.57 Å². The van der Waals surface area contributed by atoms with Gasteiger partial charge in [0.25, 0.3) is 0 Å². The van der Waals surface area contributed by atoms with Crippen LogP contribution in [-0.4, -0.2) is 17.1 Å². The molecule has 1 N–H and O–H groups in total. The third-order valence-electron chi connectivity index (χ3n) is 4.08. The predicted molar refractivity (Wildman–Crippen MR) is 81.6 cm³/mol. The lowest BCUT2D eigenvalue weighted by Crippen LogP contribution is -2.25. The molecule has 0 spiro atoms. The fourth-order valence-corrected chi connectivity index (χ4v) is 4.04. The van der Waals surface area contributed by atoms with Crippen molar-refractivity contribution in [2.75, 3.05) is 0 Å². The molecule has 120 valence electrons. The number of hydrogen-bond acceptors (Lipinski definition) is 3. The molecular formula is C15H31O4P. The first-order valence-corrected chi connectivity index (χ1v) is 9.63. The average molecular weight is 306 g/mol. The highest BCUT2D eigenvalue weighted by Crippen LogP contribution is 2.49. The van der Waals surface area contributed by atoms with Crippen LogP contribution < -0.4 is 0 Å². The molecule has 1 aliphatic carbocycles. The molecule has 4 nitrogen and oxygen atoms in total.